The molecule has 4 unspecified atom stereocenters. The quantitative estimate of drug-likeness (QED) is 0.940. The molecule has 2 aliphatic carbocycles. The van der Waals surface area contributed by atoms with Crippen molar-refractivity contribution >= 4 is 0 Å². The Kier molecular flexibility index (Phi) is 2.96. The van der Waals surface area contributed by atoms with Gasteiger partial charge in [-0.25, -0.2) is 0 Å². The molecule has 1 aromatic heterocycles. The summed E-state index contributed by atoms with van der Waals surface area (Å²) < 4.78 is 5.42. The summed E-state index contributed by atoms with van der Waals surface area (Å²) in [7, 11) is 1.68. The van der Waals surface area contributed by atoms with Crippen molar-refractivity contribution in [3.05, 3.63) is 59.4 Å². The van der Waals surface area contributed by atoms with E-state index in [-0.39, 0.29) is 6.04 Å². The lowest BCUT2D eigenvalue weighted by Gasteiger charge is -2.15. The number of aryl methyl sites for hydroxylation is 1. The molecular weight excluding hydrogens is 260 g/mol. The Bertz CT molecular complexity index is 670. The fourth-order valence-electron chi connectivity index (χ4n) is 4.12. The van der Waals surface area contributed by atoms with Crippen LogP contribution in [0.25, 0.3) is 0 Å². The summed E-state index contributed by atoms with van der Waals surface area (Å²) in [5, 5.41) is 0. The van der Waals surface area contributed by atoms with Gasteiger partial charge in [-0.3, -0.25) is 4.98 Å². The Balaban J connectivity index is 1.65. The summed E-state index contributed by atoms with van der Waals surface area (Å²) in [4.78, 5) is 4.47. The lowest BCUT2D eigenvalue weighted by molar-refractivity contribution is 0.396. The topological polar surface area (TPSA) is 48.1 Å². The molecule has 3 heteroatoms. The zero-order chi connectivity index (χ0) is 14.4. The predicted molar refractivity (Wildman–Crippen MR) is 82.2 cm³/mol. The summed E-state index contributed by atoms with van der Waals surface area (Å²) in [6.07, 6.45) is 4.23. The van der Waals surface area contributed by atoms with Gasteiger partial charge in [0, 0.05) is 6.20 Å². The van der Waals surface area contributed by atoms with Gasteiger partial charge in [-0.2, -0.15) is 0 Å². The van der Waals surface area contributed by atoms with E-state index < -0.39 is 0 Å². The lowest BCUT2D eigenvalue weighted by Crippen LogP contribution is -2.17. The Morgan fingerprint density at radius 3 is 2.95 bits per heavy atom. The number of methoxy groups -OCH3 is 1. The number of fused-ring (bicyclic) bond motifs is 3. The monoisotopic (exact) mass is 280 g/mol. The maximum absolute atomic E-state index is 6.55. The molecule has 1 aromatic carbocycles. The zero-order valence-corrected chi connectivity index (χ0v) is 12.2. The summed E-state index contributed by atoms with van der Waals surface area (Å²) in [5.41, 5.74) is 10.5. The van der Waals surface area contributed by atoms with E-state index in [0.29, 0.717) is 17.8 Å². The number of hydrogen-bond acceptors (Lipinski definition) is 3. The maximum Gasteiger partial charge on any atom is 0.141 e. The van der Waals surface area contributed by atoms with Crippen LogP contribution in [0.3, 0.4) is 0 Å². The van der Waals surface area contributed by atoms with Crippen LogP contribution in [0.1, 0.15) is 35.2 Å². The second-order valence-electron chi connectivity index (χ2n) is 6.12. The zero-order valence-electron chi connectivity index (χ0n) is 12.2. The van der Waals surface area contributed by atoms with E-state index in [1.165, 1.54) is 24.0 Å². The molecule has 0 bridgehead atoms. The summed E-state index contributed by atoms with van der Waals surface area (Å²) in [6, 6.07) is 12.6. The molecule has 3 nitrogen and oxygen atoms in total. The first kappa shape index (κ1) is 12.8. The molecule has 4 atom stereocenters. The van der Waals surface area contributed by atoms with Crippen LogP contribution in [0, 0.1) is 11.8 Å². The molecule has 1 heterocycles. The molecular formula is C18H20N2O. The van der Waals surface area contributed by atoms with E-state index >= 15 is 0 Å². The Morgan fingerprint density at radius 1 is 1.24 bits per heavy atom. The Morgan fingerprint density at radius 2 is 2.10 bits per heavy atom. The van der Waals surface area contributed by atoms with Crippen LogP contribution >= 0.6 is 0 Å². The van der Waals surface area contributed by atoms with Crippen molar-refractivity contribution in [2.75, 3.05) is 7.11 Å². The second-order valence-corrected chi connectivity index (χ2v) is 6.12. The van der Waals surface area contributed by atoms with Crippen molar-refractivity contribution in [2.45, 2.75) is 24.8 Å². The van der Waals surface area contributed by atoms with Gasteiger partial charge in [0.1, 0.15) is 5.75 Å². The number of aromatic nitrogens is 1. The Hall–Kier alpha value is -1.87. The third-order valence-electron chi connectivity index (χ3n) is 5.14. The first-order valence-electron chi connectivity index (χ1n) is 7.63. The molecule has 0 saturated heterocycles. The SMILES string of the molecule is COc1cccnc1C(N)C1C2CCc3ccccc3C21. The minimum absolute atomic E-state index is 0.0395. The van der Waals surface area contributed by atoms with Crippen molar-refractivity contribution in [1.29, 1.82) is 0 Å². The Labute approximate surface area is 125 Å². The normalized spacial score (nSPS) is 27.4. The average Bonchev–Trinajstić information content (AvgIpc) is 3.29. The van der Waals surface area contributed by atoms with Crippen molar-refractivity contribution in [3.8, 4) is 5.75 Å². The highest BCUT2D eigenvalue weighted by atomic mass is 16.5. The number of benzene rings is 1. The molecule has 1 fully saturated rings. The molecule has 4 rings (SSSR count). The van der Waals surface area contributed by atoms with E-state index in [9.17, 15) is 0 Å². The molecule has 2 aliphatic rings. The third-order valence-corrected chi connectivity index (χ3v) is 5.14. The molecule has 0 amide bonds. The van der Waals surface area contributed by atoms with Crippen molar-refractivity contribution in [2.24, 2.45) is 17.6 Å². The first-order valence-corrected chi connectivity index (χ1v) is 7.63. The molecule has 21 heavy (non-hydrogen) atoms. The van der Waals surface area contributed by atoms with Gasteiger partial charge in [0.15, 0.2) is 0 Å². The first-order chi connectivity index (χ1) is 10.3. The second kappa shape index (κ2) is 4.85. The van der Waals surface area contributed by atoms with E-state index in [4.69, 9.17) is 10.5 Å². The highest BCUT2D eigenvalue weighted by Crippen LogP contribution is 2.63. The van der Waals surface area contributed by atoms with E-state index in [0.717, 1.165) is 11.4 Å². The lowest BCUT2D eigenvalue weighted by atomic mass is 9.92. The standard InChI is InChI=1S/C18H20N2O/c1-21-14-7-4-10-20-18(14)17(19)16-13-9-8-11-5-2-3-6-12(11)15(13)16/h2-7,10,13,15-17H,8-9,19H2,1H3. The van der Waals surface area contributed by atoms with E-state index in [1.807, 2.05) is 12.1 Å². The largest absolute Gasteiger partial charge is 0.495 e. The molecule has 108 valence electrons. The van der Waals surface area contributed by atoms with Crippen LogP contribution in [0.4, 0.5) is 0 Å². The number of ether oxygens (including phenoxy) is 1. The molecule has 0 spiro atoms. The van der Waals surface area contributed by atoms with E-state index in [2.05, 4.69) is 29.2 Å². The molecule has 2 N–H and O–H groups in total. The number of hydrogen-bond donors (Lipinski definition) is 1. The van der Waals surface area contributed by atoms with Crippen molar-refractivity contribution in [1.82, 2.24) is 4.98 Å². The van der Waals surface area contributed by atoms with Crippen LogP contribution in [-0.2, 0) is 6.42 Å². The summed E-state index contributed by atoms with van der Waals surface area (Å²) >= 11 is 0. The number of rotatable bonds is 3. The van der Waals surface area contributed by atoms with Gasteiger partial charge in [-0.1, -0.05) is 24.3 Å². The number of nitrogens with two attached hydrogens (primary N) is 1. The van der Waals surface area contributed by atoms with Gasteiger partial charge in [0.25, 0.3) is 0 Å². The molecule has 2 aromatic rings. The van der Waals surface area contributed by atoms with Crippen LogP contribution in [0.5, 0.6) is 5.75 Å². The fraction of sp³-hybridized carbons (Fsp3) is 0.389. The third kappa shape index (κ3) is 1.95. The highest BCUT2D eigenvalue weighted by molar-refractivity contribution is 5.42. The van der Waals surface area contributed by atoms with Crippen molar-refractivity contribution < 1.29 is 4.74 Å². The summed E-state index contributed by atoms with van der Waals surface area (Å²) in [6.45, 7) is 0. The van der Waals surface area contributed by atoms with Crippen LogP contribution in [0.15, 0.2) is 42.6 Å². The minimum atomic E-state index is -0.0395. The van der Waals surface area contributed by atoms with Crippen LogP contribution < -0.4 is 10.5 Å². The fourth-order valence-corrected chi connectivity index (χ4v) is 4.12. The van der Waals surface area contributed by atoms with Gasteiger partial charge in [-0.15, -0.1) is 0 Å². The highest BCUT2D eigenvalue weighted by Gasteiger charge is 2.56. The van der Waals surface area contributed by atoms with Gasteiger partial charge in [0.05, 0.1) is 18.8 Å². The number of nitrogens with zero attached hydrogens (tertiary/aromatic N) is 1. The predicted octanol–water partition coefficient (Wildman–Crippen LogP) is 3.07. The molecule has 0 aliphatic heterocycles. The van der Waals surface area contributed by atoms with Crippen LogP contribution in [0.2, 0.25) is 0 Å². The van der Waals surface area contributed by atoms with Gasteiger partial charge < -0.3 is 10.5 Å². The number of pyridine rings is 1. The average molecular weight is 280 g/mol. The van der Waals surface area contributed by atoms with Gasteiger partial charge >= 0.3 is 0 Å². The minimum Gasteiger partial charge on any atom is -0.495 e. The van der Waals surface area contributed by atoms with Gasteiger partial charge in [-0.05, 0) is 53.9 Å². The summed E-state index contributed by atoms with van der Waals surface area (Å²) in [5.74, 6) is 2.62. The van der Waals surface area contributed by atoms with E-state index in [1.54, 1.807) is 13.3 Å². The molecule has 1 saturated carbocycles. The van der Waals surface area contributed by atoms with Gasteiger partial charge in [0.2, 0.25) is 0 Å². The molecule has 0 radical (unpaired) electrons. The van der Waals surface area contributed by atoms with Crippen molar-refractivity contribution in [3.63, 3.8) is 0 Å². The maximum atomic E-state index is 6.55. The smallest absolute Gasteiger partial charge is 0.141 e. The van der Waals surface area contributed by atoms with Crippen LogP contribution in [-0.4, -0.2) is 12.1 Å².